The lowest BCUT2D eigenvalue weighted by atomic mass is 9.75. The summed E-state index contributed by atoms with van der Waals surface area (Å²) in [5, 5.41) is 8.98. The molecular weight excluding hydrogens is 497 g/mol. The minimum Gasteiger partial charge on any atom is -0.343 e. The van der Waals surface area contributed by atoms with Crippen LogP contribution in [0.4, 0.5) is 10.1 Å². The second-order valence-electron chi connectivity index (χ2n) is 12.4. The minimum absolute atomic E-state index is 0.0991. The van der Waals surface area contributed by atoms with E-state index in [-0.39, 0.29) is 41.8 Å². The zero-order valence-corrected chi connectivity index (χ0v) is 23.7. The molecule has 3 N–H and O–H groups in total. The predicted molar refractivity (Wildman–Crippen MR) is 149 cm³/mol. The summed E-state index contributed by atoms with van der Waals surface area (Å²) in [6.45, 7) is 4.55. The zero-order chi connectivity index (χ0) is 27.8. The number of benzene rings is 1. The lowest BCUT2D eigenvalue weighted by Gasteiger charge is -2.37. The summed E-state index contributed by atoms with van der Waals surface area (Å²) in [4.78, 5) is 43.3. The van der Waals surface area contributed by atoms with E-state index >= 15 is 4.39 Å². The van der Waals surface area contributed by atoms with Gasteiger partial charge >= 0.3 is 0 Å². The summed E-state index contributed by atoms with van der Waals surface area (Å²) in [6.07, 6.45) is 8.65. The average molecular weight is 542 g/mol. The van der Waals surface area contributed by atoms with Crippen molar-refractivity contribution in [1.82, 2.24) is 20.4 Å². The molecule has 1 aromatic carbocycles. The number of hydrogen-bond acceptors (Lipinski definition) is 5. The summed E-state index contributed by atoms with van der Waals surface area (Å²) >= 11 is 0. The van der Waals surface area contributed by atoms with E-state index in [4.69, 9.17) is 0 Å². The van der Waals surface area contributed by atoms with Gasteiger partial charge in [0.1, 0.15) is 11.9 Å². The number of carbonyl (C=O) groups excluding carboxylic acids is 3. The monoisotopic (exact) mass is 541 g/mol. The third kappa shape index (κ3) is 5.85. The second kappa shape index (κ2) is 11.2. The molecule has 0 radical (unpaired) electrons. The molecule has 4 aliphatic rings. The molecule has 1 aromatic rings. The van der Waals surface area contributed by atoms with Crippen molar-refractivity contribution >= 4 is 23.4 Å². The number of nitrogens with one attached hydrogen (secondary N) is 3. The number of halogens is 1. The van der Waals surface area contributed by atoms with Crippen LogP contribution in [0.3, 0.4) is 0 Å². The number of hydrogen-bond donors (Lipinski definition) is 3. The number of likely N-dealkylation sites (N-methyl/N-ethyl adjacent to an activating group) is 2. The third-order valence-corrected chi connectivity index (χ3v) is 9.83. The molecule has 4 fully saturated rings. The van der Waals surface area contributed by atoms with Crippen LogP contribution in [-0.2, 0) is 19.8 Å². The first-order valence-electron chi connectivity index (χ1n) is 14.8. The summed E-state index contributed by atoms with van der Waals surface area (Å²) in [7, 11) is 3.83. The molecule has 3 aliphatic carbocycles. The van der Waals surface area contributed by atoms with E-state index in [1.54, 1.807) is 20.0 Å². The summed E-state index contributed by atoms with van der Waals surface area (Å²) in [6, 6.07) is 3.77. The normalized spacial score (nSPS) is 25.0. The van der Waals surface area contributed by atoms with Crippen LogP contribution in [0.15, 0.2) is 18.2 Å². The number of piperazine rings is 1. The molecule has 0 aromatic heterocycles. The molecular formula is C30H44FN5O3. The van der Waals surface area contributed by atoms with Gasteiger partial charge in [-0.2, -0.15) is 0 Å². The highest BCUT2D eigenvalue weighted by atomic mass is 19.1. The molecule has 214 valence electrons. The number of amides is 3. The molecule has 8 nitrogen and oxygen atoms in total. The van der Waals surface area contributed by atoms with Gasteiger partial charge in [-0.25, -0.2) is 4.39 Å². The van der Waals surface area contributed by atoms with Crippen LogP contribution in [0.2, 0.25) is 0 Å². The Morgan fingerprint density at radius 2 is 1.79 bits per heavy atom. The minimum atomic E-state index is -0.733. The molecule has 1 heterocycles. The van der Waals surface area contributed by atoms with Crippen LogP contribution >= 0.6 is 0 Å². The molecule has 3 unspecified atom stereocenters. The van der Waals surface area contributed by atoms with Crippen LogP contribution in [0.5, 0.6) is 0 Å². The van der Waals surface area contributed by atoms with E-state index < -0.39 is 17.3 Å². The maximum Gasteiger partial charge on any atom is 0.246 e. The van der Waals surface area contributed by atoms with Crippen molar-refractivity contribution in [3.05, 3.63) is 29.6 Å². The number of nitrogens with zero attached hydrogens (tertiary/aromatic N) is 2. The van der Waals surface area contributed by atoms with Crippen molar-refractivity contribution in [2.45, 2.75) is 82.2 Å². The Morgan fingerprint density at radius 3 is 2.38 bits per heavy atom. The van der Waals surface area contributed by atoms with Gasteiger partial charge in [0.25, 0.3) is 0 Å². The highest BCUT2D eigenvalue weighted by Crippen LogP contribution is 2.58. The van der Waals surface area contributed by atoms with Gasteiger partial charge in [-0.1, -0.05) is 19.4 Å². The fourth-order valence-electron chi connectivity index (χ4n) is 6.92. The lowest BCUT2D eigenvalue weighted by Crippen LogP contribution is -2.58. The van der Waals surface area contributed by atoms with Gasteiger partial charge in [-0.05, 0) is 88.1 Å². The standard InChI is InChI=1S/C30H44FN5O3/c1-4-24(37)34-26(28(39)36-16-14-35(3)15-17-36)30(12-13-30)21-7-8-23(22(31)18-21)33-27(38)25(32-2)20-6-5-9-29(19-20)10-11-29/h7-8,18,20,25-26,32H,4-6,9-17,19H2,1-3H3,(H,33,38)(H,34,37). The largest absolute Gasteiger partial charge is 0.343 e. The first kappa shape index (κ1) is 28.0. The van der Waals surface area contributed by atoms with E-state index in [2.05, 4.69) is 20.9 Å². The topological polar surface area (TPSA) is 93.8 Å². The Morgan fingerprint density at radius 1 is 1.08 bits per heavy atom. The molecule has 5 rings (SSSR count). The molecule has 3 saturated carbocycles. The highest BCUT2D eigenvalue weighted by molar-refractivity contribution is 5.95. The Labute approximate surface area is 231 Å². The molecule has 9 heteroatoms. The van der Waals surface area contributed by atoms with Gasteiger partial charge < -0.3 is 25.8 Å². The molecule has 1 aliphatic heterocycles. The van der Waals surface area contributed by atoms with Gasteiger partial charge in [-0.15, -0.1) is 0 Å². The third-order valence-electron chi connectivity index (χ3n) is 9.83. The Kier molecular flexibility index (Phi) is 8.02. The van der Waals surface area contributed by atoms with Crippen LogP contribution < -0.4 is 16.0 Å². The van der Waals surface area contributed by atoms with E-state index in [9.17, 15) is 14.4 Å². The van der Waals surface area contributed by atoms with Crippen molar-refractivity contribution in [3.8, 4) is 0 Å². The molecule has 3 atom stereocenters. The van der Waals surface area contributed by atoms with Crippen molar-refractivity contribution in [1.29, 1.82) is 0 Å². The SMILES string of the molecule is CCC(=O)NC(C(=O)N1CCN(C)CC1)C1(c2ccc(NC(=O)C(NC)C3CCCC4(CC4)C3)c(F)c2)CC1. The number of rotatable bonds is 9. The molecule has 0 bridgehead atoms. The van der Waals surface area contributed by atoms with Crippen LogP contribution in [0.25, 0.3) is 0 Å². The molecule has 1 saturated heterocycles. The number of anilines is 1. The Bertz CT molecular complexity index is 1090. The van der Waals surface area contributed by atoms with E-state index in [1.165, 1.54) is 25.3 Å². The summed E-state index contributed by atoms with van der Waals surface area (Å²) < 4.78 is 15.5. The number of carbonyl (C=O) groups is 3. The zero-order valence-electron chi connectivity index (χ0n) is 23.7. The van der Waals surface area contributed by atoms with Crippen molar-refractivity contribution < 1.29 is 18.8 Å². The van der Waals surface area contributed by atoms with Gasteiger partial charge in [0, 0.05) is 38.0 Å². The molecule has 1 spiro atoms. The smallest absolute Gasteiger partial charge is 0.246 e. The van der Waals surface area contributed by atoms with Crippen LogP contribution in [0.1, 0.15) is 70.3 Å². The summed E-state index contributed by atoms with van der Waals surface area (Å²) in [5.74, 6) is -0.750. The Hall–Kier alpha value is -2.52. The van der Waals surface area contributed by atoms with Crippen LogP contribution in [-0.4, -0.2) is 79.9 Å². The van der Waals surface area contributed by atoms with Crippen molar-refractivity contribution in [2.24, 2.45) is 11.3 Å². The first-order valence-corrected chi connectivity index (χ1v) is 14.8. The lowest BCUT2D eigenvalue weighted by molar-refractivity contribution is -0.138. The van der Waals surface area contributed by atoms with Gasteiger partial charge in [0.2, 0.25) is 17.7 Å². The predicted octanol–water partition coefficient (Wildman–Crippen LogP) is 3.02. The quantitative estimate of drug-likeness (QED) is 0.447. The first-order chi connectivity index (χ1) is 18.7. The van der Waals surface area contributed by atoms with Gasteiger partial charge in [0.05, 0.1) is 11.7 Å². The van der Waals surface area contributed by atoms with Crippen molar-refractivity contribution in [3.63, 3.8) is 0 Å². The summed E-state index contributed by atoms with van der Waals surface area (Å²) in [5.41, 5.74) is 0.643. The van der Waals surface area contributed by atoms with Crippen molar-refractivity contribution in [2.75, 3.05) is 45.6 Å². The van der Waals surface area contributed by atoms with E-state index in [1.807, 2.05) is 18.0 Å². The second-order valence-corrected chi connectivity index (χ2v) is 12.4. The maximum atomic E-state index is 15.5. The average Bonchev–Trinajstić information content (AvgIpc) is 3.87. The maximum absolute atomic E-state index is 15.5. The van der Waals surface area contributed by atoms with Gasteiger partial charge in [0.15, 0.2) is 0 Å². The van der Waals surface area contributed by atoms with E-state index in [0.717, 1.165) is 32.4 Å². The fourth-order valence-corrected chi connectivity index (χ4v) is 6.92. The molecule has 3 amide bonds. The Balaban J connectivity index is 1.31. The van der Waals surface area contributed by atoms with Gasteiger partial charge in [-0.3, -0.25) is 14.4 Å². The highest BCUT2D eigenvalue weighted by Gasteiger charge is 2.55. The van der Waals surface area contributed by atoms with E-state index in [0.29, 0.717) is 36.9 Å². The fraction of sp³-hybridized carbons (Fsp3) is 0.700. The molecule has 39 heavy (non-hydrogen) atoms. The van der Waals surface area contributed by atoms with Crippen LogP contribution in [0, 0.1) is 17.2 Å².